The highest BCUT2D eigenvalue weighted by molar-refractivity contribution is 8.45. The van der Waals surface area contributed by atoms with Crippen LogP contribution in [-0.2, 0) is 7.59 Å². The lowest BCUT2D eigenvalue weighted by molar-refractivity contribution is 0.362. The predicted molar refractivity (Wildman–Crippen MR) is 76.3 cm³/mol. The van der Waals surface area contributed by atoms with Crippen LogP contribution in [0.4, 0.5) is 19.4 Å². The van der Waals surface area contributed by atoms with E-state index in [0.717, 1.165) is 6.07 Å². The van der Waals surface area contributed by atoms with Crippen LogP contribution in [0.15, 0.2) is 23.1 Å². The molecule has 0 fully saturated rings. The van der Waals surface area contributed by atoms with Gasteiger partial charge in [0.1, 0.15) is 4.90 Å². The van der Waals surface area contributed by atoms with E-state index in [1.807, 2.05) is 0 Å². The summed E-state index contributed by atoms with van der Waals surface area (Å²) in [6, 6.07) is 1.54. The van der Waals surface area contributed by atoms with E-state index >= 15 is 0 Å². The molecular formula is C8H3Cl6F5S. The molecule has 0 aliphatic heterocycles. The quantitative estimate of drug-likeness (QED) is 0.308. The summed E-state index contributed by atoms with van der Waals surface area (Å²) < 4.78 is 59.6. The minimum Gasteiger partial charge on any atom is -0.0936 e. The third-order valence-electron chi connectivity index (χ3n) is 2.03. The lowest BCUT2D eigenvalue weighted by Crippen LogP contribution is -2.19. The molecule has 0 saturated carbocycles. The van der Waals surface area contributed by atoms with Crippen LogP contribution in [-0.4, -0.2) is 0 Å². The molecule has 12 heteroatoms. The summed E-state index contributed by atoms with van der Waals surface area (Å²) in [5.74, 6) is 0. The first kappa shape index (κ1) is 19.0. The molecule has 20 heavy (non-hydrogen) atoms. The minimum absolute atomic E-state index is 0.0681. The van der Waals surface area contributed by atoms with Gasteiger partial charge in [0.15, 0.2) is 0 Å². The van der Waals surface area contributed by atoms with E-state index in [9.17, 15) is 19.4 Å². The Kier molecular flexibility index (Phi) is 4.27. The molecule has 118 valence electrons. The zero-order chi connectivity index (χ0) is 16.3. The third kappa shape index (κ3) is 4.48. The van der Waals surface area contributed by atoms with Crippen LogP contribution >= 0.6 is 79.8 Å². The molecule has 0 amide bonds. The third-order valence-corrected chi connectivity index (χ3v) is 4.38. The average molecular weight is 439 g/mol. The predicted octanol–water partition coefficient (Wildman–Crippen LogP) is 8.00. The second kappa shape index (κ2) is 4.49. The summed E-state index contributed by atoms with van der Waals surface area (Å²) in [5, 5.41) is 0. The van der Waals surface area contributed by atoms with Gasteiger partial charge in [-0.2, -0.15) is 0 Å². The maximum Gasteiger partial charge on any atom is 0.310 e. The number of hydrogen-bond donors (Lipinski definition) is 0. The average Bonchev–Trinajstić information content (AvgIpc) is 2.10. The van der Waals surface area contributed by atoms with Gasteiger partial charge in [-0.05, 0) is 6.07 Å². The number of halogens is 11. The molecule has 0 aromatic heterocycles. The maximum absolute atomic E-state index is 13.0. The monoisotopic (exact) mass is 436 g/mol. The highest BCUT2D eigenvalue weighted by atomic mass is 35.6. The Morgan fingerprint density at radius 1 is 0.750 bits per heavy atom. The molecule has 0 spiro atoms. The molecule has 0 aliphatic rings. The summed E-state index contributed by atoms with van der Waals surface area (Å²) in [5.41, 5.74) is -2.21. The van der Waals surface area contributed by atoms with Gasteiger partial charge >= 0.3 is 10.2 Å². The van der Waals surface area contributed by atoms with Crippen molar-refractivity contribution in [2.45, 2.75) is 12.5 Å². The second-order valence-electron chi connectivity index (χ2n) is 3.64. The number of hydrogen-bond acceptors (Lipinski definition) is 0. The van der Waals surface area contributed by atoms with Crippen LogP contribution in [0.1, 0.15) is 11.1 Å². The summed E-state index contributed by atoms with van der Waals surface area (Å²) in [7, 11) is -10.1. The standard InChI is InChI=1S/C8H3Cl6F5S/c9-7(10,11)4-2-1-3-5(6(4)8(12,13)14)20(15,16,17,18)19/h1-3H. The van der Waals surface area contributed by atoms with Crippen LogP contribution in [0, 0.1) is 0 Å². The highest BCUT2D eigenvalue weighted by Crippen LogP contribution is 3.02. The van der Waals surface area contributed by atoms with Crippen molar-refractivity contribution in [2.24, 2.45) is 0 Å². The number of rotatable bonds is 1. The molecular weight excluding hydrogens is 436 g/mol. The van der Waals surface area contributed by atoms with Gasteiger partial charge in [0.25, 0.3) is 0 Å². The smallest absolute Gasteiger partial charge is 0.0936 e. The van der Waals surface area contributed by atoms with E-state index < -0.39 is 33.8 Å². The summed E-state index contributed by atoms with van der Waals surface area (Å²) >= 11 is 32.4. The first-order valence-corrected chi connectivity index (χ1v) is 8.57. The topological polar surface area (TPSA) is 0 Å². The summed E-state index contributed by atoms with van der Waals surface area (Å²) in [6.45, 7) is 0. The van der Waals surface area contributed by atoms with Gasteiger partial charge in [-0.3, -0.25) is 0 Å². The Bertz CT molecular complexity index is 543. The molecule has 0 atom stereocenters. The Morgan fingerprint density at radius 3 is 1.50 bits per heavy atom. The Hall–Kier alpha value is 0.960. The van der Waals surface area contributed by atoms with Crippen molar-refractivity contribution < 1.29 is 19.4 Å². The van der Waals surface area contributed by atoms with Gasteiger partial charge in [-0.1, -0.05) is 101 Å². The van der Waals surface area contributed by atoms with Crippen LogP contribution in [0.3, 0.4) is 0 Å². The van der Waals surface area contributed by atoms with E-state index in [1.165, 1.54) is 0 Å². The molecule has 1 aromatic rings. The fraction of sp³-hybridized carbons (Fsp3) is 0.250. The van der Waals surface area contributed by atoms with E-state index in [-0.39, 0.29) is 6.07 Å². The van der Waals surface area contributed by atoms with Crippen molar-refractivity contribution in [3.8, 4) is 0 Å². The van der Waals surface area contributed by atoms with Gasteiger partial charge in [-0.25, -0.2) is 0 Å². The van der Waals surface area contributed by atoms with Gasteiger partial charge < -0.3 is 0 Å². The normalized spacial score (nSPS) is 17.6. The Labute approximate surface area is 140 Å². The van der Waals surface area contributed by atoms with Crippen molar-refractivity contribution in [2.75, 3.05) is 0 Å². The molecule has 0 bridgehead atoms. The molecule has 1 rings (SSSR count). The summed E-state index contributed by atoms with van der Waals surface area (Å²) in [6.07, 6.45) is 0. The maximum atomic E-state index is 13.0. The van der Waals surface area contributed by atoms with Crippen LogP contribution in [0.5, 0.6) is 0 Å². The highest BCUT2D eigenvalue weighted by Gasteiger charge is 2.68. The molecule has 0 nitrogen and oxygen atoms in total. The van der Waals surface area contributed by atoms with Gasteiger partial charge in [0.05, 0.1) is 0 Å². The number of benzene rings is 1. The number of alkyl halides is 6. The minimum atomic E-state index is -10.1. The van der Waals surface area contributed by atoms with Crippen LogP contribution in [0.25, 0.3) is 0 Å². The van der Waals surface area contributed by atoms with E-state index in [2.05, 4.69) is 0 Å². The fourth-order valence-corrected chi connectivity index (χ4v) is 3.62. The fourth-order valence-electron chi connectivity index (χ4n) is 1.38. The van der Waals surface area contributed by atoms with Crippen molar-refractivity contribution in [1.82, 2.24) is 0 Å². The molecule has 0 saturated heterocycles. The molecule has 0 N–H and O–H groups in total. The van der Waals surface area contributed by atoms with Crippen LogP contribution in [0.2, 0.25) is 0 Å². The molecule has 0 aliphatic carbocycles. The SMILES string of the molecule is FS(F)(F)(F)(F)c1cccc(C(Cl)(Cl)Cl)c1C(Cl)(Cl)Cl. The molecule has 0 radical (unpaired) electrons. The largest absolute Gasteiger partial charge is 0.310 e. The van der Waals surface area contributed by atoms with Gasteiger partial charge in [0, 0.05) is 11.1 Å². The molecule has 0 heterocycles. The van der Waals surface area contributed by atoms with E-state index in [0.29, 0.717) is 6.07 Å². The lowest BCUT2D eigenvalue weighted by Gasteiger charge is -2.43. The van der Waals surface area contributed by atoms with Crippen molar-refractivity contribution in [3.05, 3.63) is 29.3 Å². The zero-order valence-electron chi connectivity index (χ0n) is 8.80. The zero-order valence-corrected chi connectivity index (χ0v) is 14.1. The molecule has 1 aromatic carbocycles. The van der Waals surface area contributed by atoms with Crippen molar-refractivity contribution in [3.63, 3.8) is 0 Å². The summed E-state index contributed by atoms with van der Waals surface area (Å²) in [4.78, 5) is -2.41. The van der Waals surface area contributed by atoms with Crippen LogP contribution < -0.4 is 0 Å². The molecule has 0 unspecified atom stereocenters. The van der Waals surface area contributed by atoms with Crippen molar-refractivity contribution >= 4 is 79.8 Å². The van der Waals surface area contributed by atoms with Gasteiger partial charge in [-0.15, -0.1) is 0 Å². The Balaban J connectivity index is 3.94. The first-order chi connectivity index (χ1) is 8.34. The Morgan fingerprint density at radius 2 is 1.20 bits per heavy atom. The van der Waals surface area contributed by atoms with Gasteiger partial charge in [0.2, 0.25) is 7.59 Å². The first-order valence-electron chi connectivity index (χ1n) is 4.35. The van der Waals surface area contributed by atoms with Crippen molar-refractivity contribution in [1.29, 1.82) is 0 Å². The van der Waals surface area contributed by atoms with E-state index in [4.69, 9.17) is 69.6 Å². The van der Waals surface area contributed by atoms with E-state index in [1.54, 1.807) is 0 Å². The lowest BCUT2D eigenvalue weighted by atomic mass is 10.1. The second-order valence-corrected chi connectivity index (χ2v) is 10.6.